The summed E-state index contributed by atoms with van der Waals surface area (Å²) in [6, 6.07) is 6.77. The van der Waals surface area contributed by atoms with E-state index in [4.69, 9.17) is 9.47 Å². The largest absolute Gasteiger partial charge is 0.450 e. The Morgan fingerprint density at radius 3 is 2.71 bits per heavy atom. The number of morpholine rings is 1. The second kappa shape index (κ2) is 7.08. The van der Waals surface area contributed by atoms with Gasteiger partial charge in [0.05, 0.1) is 19.3 Å². The molecule has 2 rings (SSSR count). The second-order valence-electron chi connectivity index (χ2n) is 4.86. The Morgan fingerprint density at radius 2 is 2.10 bits per heavy atom. The highest BCUT2D eigenvalue weighted by Crippen LogP contribution is 2.14. The molecule has 1 fully saturated rings. The van der Waals surface area contributed by atoms with Crippen molar-refractivity contribution in [1.29, 1.82) is 0 Å². The predicted molar refractivity (Wildman–Crippen MR) is 78.4 cm³/mol. The minimum atomic E-state index is -0.501. The van der Waals surface area contributed by atoms with Gasteiger partial charge < -0.3 is 14.4 Å². The number of nitrogens with zero attached hydrogens (tertiary/aromatic N) is 1. The Kier molecular flexibility index (Phi) is 5.16. The van der Waals surface area contributed by atoms with Crippen molar-refractivity contribution in [3.05, 3.63) is 29.8 Å². The van der Waals surface area contributed by atoms with Crippen molar-refractivity contribution >= 4 is 17.7 Å². The molecule has 2 amide bonds. The molecular formula is C15H20N2O4. The number of benzene rings is 1. The topological polar surface area (TPSA) is 67.9 Å². The summed E-state index contributed by atoms with van der Waals surface area (Å²) in [6.07, 6.45) is -0.439. The summed E-state index contributed by atoms with van der Waals surface area (Å²) in [6.45, 7) is 5.77. The summed E-state index contributed by atoms with van der Waals surface area (Å²) < 4.78 is 10.2. The number of amides is 2. The van der Waals surface area contributed by atoms with Crippen LogP contribution in [0.2, 0.25) is 0 Å². The van der Waals surface area contributed by atoms with Gasteiger partial charge in [0.2, 0.25) is 0 Å². The molecule has 0 radical (unpaired) electrons. The van der Waals surface area contributed by atoms with Crippen molar-refractivity contribution in [2.24, 2.45) is 0 Å². The molecule has 0 spiro atoms. The zero-order valence-electron chi connectivity index (χ0n) is 12.3. The number of ether oxygens (including phenoxy) is 2. The molecule has 1 atom stereocenters. The fraction of sp³-hybridized carbons (Fsp3) is 0.467. The van der Waals surface area contributed by atoms with Crippen LogP contribution in [0.15, 0.2) is 24.3 Å². The van der Waals surface area contributed by atoms with Gasteiger partial charge in [-0.25, -0.2) is 4.79 Å². The molecule has 1 aromatic carbocycles. The first-order valence-corrected chi connectivity index (χ1v) is 7.05. The lowest BCUT2D eigenvalue weighted by molar-refractivity contribution is -0.0124. The summed E-state index contributed by atoms with van der Waals surface area (Å²) in [5.74, 6) is -0.0205. The van der Waals surface area contributed by atoms with Gasteiger partial charge in [0, 0.05) is 24.3 Å². The Bertz CT molecular complexity index is 501. The van der Waals surface area contributed by atoms with Gasteiger partial charge >= 0.3 is 6.09 Å². The van der Waals surface area contributed by atoms with Crippen molar-refractivity contribution in [1.82, 2.24) is 4.90 Å². The highest BCUT2D eigenvalue weighted by atomic mass is 16.5. The minimum Gasteiger partial charge on any atom is -0.450 e. The summed E-state index contributed by atoms with van der Waals surface area (Å²) in [7, 11) is 0. The van der Waals surface area contributed by atoms with Crippen molar-refractivity contribution in [2.75, 3.05) is 31.6 Å². The van der Waals surface area contributed by atoms with Crippen molar-refractivity contribution in [3.63, 3.8) is 0 Å². The van der Waals surface area contributed by atoms with Crippen LogP contribution in [-0.4, -0.2) is 49.3 Å². The third-order valence-electron chi connectivity index (χ3n) is 3.18. The lowest BCUT2D eigenvalue weighted by atomic mass is 10.1. The molecule has 21 heavy (non-hydrogen) atoms. The van der Waals surface area contributed by atoms with Crippen molar-refractivity contribution in [2.45, 2.75) is 20.0 Å². The third kappa shape index (κ3) is 4.19. The van der Waals surface area contributed by atoms with E-state index in [-0.39, 0.29) is 12.0 Å². The van der Waals surface area contributed by atoms with Crippen LogP contribution < -0.4 is 5.32 Å². The van der Waals surface area contributed by atoms with Gasteiger partial charge in [0.25, 0.3) is 5.91 Å². The first-order valence-electron chi connectivity index (χ1n) is 7.05. The van der Waals surface area contributed by atoms with E-state index in [1.807, 2.05) is 6.92 Å². The van der Waals surface area contributed by atoms with E-state index in [9.17, 15) is 9.59 Å². The van der Waals surface area contributed by atoms with Crippen molar-refractivity contribution in [3.8, 4) is 0 Å². The molecule has 6 heteroatoms. The first kappa shape index (κ1) is 15.3. The maximum absolute atomic E-state index is 12.3. The quantitative estimate of drug-likeness (QED) is 0.926. The molecule has 6 nitrogen and oxygen atoms in total. The van der Waals surface area contributed by atoms with E-state index in [1.165, 1.54) is 0 Å². The van der Waals surface area contributed by atoms with E-state index in [2.05, 4.69) is 5.32 Å². The zero-order chi connectivity index (χ0) is 15.2. The van der Waals surface area contributed by atoms with Gasteiger partial charge in [-0.15, -0.1) is 0 Å². The SMILES string of the molecule is CCOC(=O)Nc1ccc(C(=O)N2CCO[C@H](C)C2)cc1. The molecule has 0 aromatic heterocycles. The molecule has 0 aliphatic carbocycles. The van der Waals surface area contributed by atoms with Crippen LogP contribution in [0, 0.1) is 0 Å². The molecule has 0 bridgehead atoms. The lowest BCUT2D eigenvalue weighted by Gasteiger charge is -2.31. The smallest absolute Gasteiger partial charge is 0.411 e. The number of carbonyl (C=O) groups excluding carboxylic acids is 2. The van der Waals surface area contributed by atoms with Crippen LogP contribution in [0.25, 0.3) is 0 Å². The molecule has 1 aliphatic rings. The number of hydrogen-bond acceptors (Lipinski definition) is 4. The summed E-state index contributed by atoms with van der Waals surface area (Å²) in [5, 5.41) is 2.59. The van der Waals surface area contributed by atoms with Crippen LogP contribution in [0.1, 0.15) is 24.2 Å². The standard InChI is InChI=1S/C15H20N2O4/c1-3-20-15(19)16-13-6-4-12(5-7-13)14(18)17-8-9-21-11(2)10-17/h4-7,11H,3,8-10H2,1-2H3,(H,16,19)/t11-/m1/s1. The van der Waals surface area contributed by atoms with Gasteiger partial charge in [-0.2, -0.15) is 0 Å². The monoisotopic (exact) mass is 292 g/mol. The van der Waals surface area contributed by atoms with Gasteiger partial charge in [0.15, 0.2) is 0 Å². The minimum absolute atomic E-state index is 0.0205. The Balaban J connectivity index is 1.98. The molecule has 114 valence electrons. The van der Waals surface area contributed by atoms with E-state index in [1.54, 1.807) is 36.1 Å². The summed E-state index contributed by atoms with van der Waals surface area (Å²) in [4.78, 5) is 25.4. The highest BCUT2D eigenvalue weighted by Gasteiger charge is 2.22. The van der Waals surface area contributed by atoms with Gasteiger partial charge in [-0.05, 0) is 38.1 Å². The number of anilines is 1. The molecule has 1 saturated heterocycles. The van der Waals surface area contributed by atoms with Crippen LogP contribution in [0.5, 0.6) is 0 Å². The number of rotatable bonds is 3. The number of carbonyl (C=O) groups is 2. The van der Waals surface area contributed by atoms with E-state index >= 15 is 0 Å². The molecular weight excluding hydrogens is 272 g/mol. The maximum atomic E-state index is 12.3. The average molecular weight is 292 g/mol. The highest BCUT2D eigenvalue weighted by molar-refractivity contribution is 5.95. The van der Waals surface area contributed by atoms with Crippen LogP contribution >= 0.6 is 0 Å². The number of hydrogen-bond donors (Lipinski definition) is 1. The summed E-state index contributed by atoms with van der Waals surface area (Å²) >= 11 is 0. The van der Waals surface area contributed by atoms with Gasteiger partial charge in [0.1, 0.15) is 0 Å². The number of nitrogens with one attached hydrogen (secondary N) is 1. The van der Waals surface area contributed by atoms with E-state index in [0.717, 1.165) is 0 Å². The summed E-state index contributed by atoms with van der Waals surface area (Å²) in [5.41, 5.74) is 1.19. The Labute approximate surface area is 124 Å². The molecule has 0 saturated carbocycles. The zero-order valence-corrected chi connectivity index (χ0v) is 12.3. The third-order valence-corrected chi connectivity index (χ3v) is 3.18. The van der Waals surface area contributed by atoms with E-state index < -0.39 is 6.09 Å². The fourth-order valence-corrected chi connectivity index (χ4v) is 2.17. The Morgan fingerprint density at radius 1 is 1.38 bits per heavy atom. The van der Waals surface area contributed by atoms with Crippen LogP contribution in [0.3, 0.4) is 0 Å². The molecule has 1 aliphatic heterocycles. The fourth-order valence-electron chi connectivity index (χ4n) is 2.17. The second-order valence-corrected chi connectivity index (χ2v) is 4.86. The average Bonchev–Trinajstić information content (AvgIpc) is 2.47. The van der Waals surface area contributed by atoms with Crippen LogP contribution in [0.4, 0.5) is 10.5 Å². The molecule has 0 unspecified atom stereocenters. The lowest BCUT2D eigenvalue weighted by Crippen LogP contribution is -2.44. The first-order chi connectivity index (χ1) is 10.1. The normalized spacial score (nSPS) is 18.2. The van der Waals surface area contributed by atoms with Gasteiger partial charge in [-0.3, -0.25) is 10.1 Å². The molecule has 1 N–H and O–H groups in total. The van der Waals surface area contributed by atoms with Gasteiger partial charge in [-0.1, -0.05) is 0 Å². The molecule has 1 heterocycles. The predicted octanol–water partition coefficient (Wildman–Crippen LogP) is 2.12. The van der Waals surface area contributed by atoms with Crippen LogP contribution in [-0.2, 0) is 9.47 Å². The van der Waals surface area contributed by atoms with E-state index in [0.29, 0.717) is 37.6 Å². The maximum Gasteiger partial charge on any atom is 0.411 e. The van der Waals surface area contributed by atoms with Crippen molar-refractivity contribution < 1.29 is 19.1 Å². The molecule has 1 aromatic rings. The Hall–Kier alpha value is -2.08.